The van der Waals surface area contributed by atoms with Gasteiger partial charge in [-0.3, -0.25) is 9.36 Å². The molecular formula is C22H24N2O6S. The number of carboxylic acid groups (broad SMARTS) is 1. The molecule has 0 spiro atoms. The Bertz CT molecular complexity index is 1220. The lowest BCUT2D eigenvalue weighted by Crippen LogP contribution is -2.46. The van der Waals surface area contributed by atoms with Crippen molar-refractivity contribution < 1.29 is 24.2 Å². The third-order valence-electron chi connectivity index (χ3n) is 5.10. The number of ether oxygens (including phenoxy) is 2. The van der Waals surface area contributed by atoms with E-state index in [2.05, 4.69) is 4.98 Å². The average molecular weight is 445 g/mol. The van der Waals surface area contributed by atoms with Gasteiger partial charge in [0.15, 0.2) is 0 Å². The van der Waals surface area contributed by atoms with Gasteiger partial charge in [-0.05, 0) is 39.3 Å². The van der Waals surface area contributed by atoms with Crippen molar-refractivity contribution in [2.75, 3.05) is 13.7 Å². The van der Waals surface area contributed by atoms with Crippen LogP contribution in [-0.4, -0.2) is 40.3 Å². The molecule has 0 fully saturated rings. The molecule has 0 bridgehead atoms. The van der Waals surface area contributed by atoms with Crippen LogP contribution < -0.4 is 10.3 Å². The van der Waals surface area contributed by atoms with Gasteiger partial charge in [-0.15, -0.1) is 11.3 Å². The molecule has 0 saturated carbocycles. The van der Waals surface area contributed by atoms with Gasteiger partial charge in [0, 0.05) is 12.0 Å². The first-order chi connectivity index (χ1) is 14.6. The van der Waals surface area contributed by atoms with E-state index in [4.69, 9.17) is 9.47 Å². The molecule has 0 atom stereocenters. The number of hydrogen-bond donors (Lipinski definition) is 1. The number of hydrogen-bond acceptors (Lipinski definition) is 7. The van der Waals surface area contributed by atoms with E-state index in [1.807, 2.05) is 18.2 Å². The fraction of sp³-hybridized carbons (Fsp3) is 0.364. The van der Waals surface area contributed by atoms with Crippen molar-refractivity contribution in [3.63, 3.8) is 0 Å². The molecule has 0 saturated heterocycles. The highest BCUT2D eigenvalue weighted by Crippen LogP contribution is 2.30. The number of fused-ring (bicyclic) bond motifs is 1. The number of esters is 1. The highest BCUT2D eigenvalue weighted by atomic mass is 32.1. The molecule has 3 aromatic rings. The molecule has 0 unspecified atom stereocenters. The Hall–Kier alpha value is -3.20. The predicted octanol–water partition coefficient (Wildman–Crippen LogP) is 3.36. The Balaban J connectivity index is 2.34. The van der Waals surface area contributed by atoms with Crippen LogP contribution in [0.1, 0.15) is 47.4 Å². The number of nitrogens with zero attached hydrogens (tertiary/aromatic N) is 2. The minimum atomic E-state index is -1.36. The largest absolute Gasteiger partial charge is 0.496 e. The van der Waals surface area contributed by atoms with E-state index in [9.17, 15) is 19.5 Å². The normalized spacial score (nSPS) is 11.5. The zero-order valence-corrected chi connectivity index (χ0v) is 18.8. The second kappa shape index (κ2) is 8.50. The maximum absolute atomic E-state index is 13.6. The Labute approximate surface area is 183 Å². The van der Waals surface area contributed by atoms with Crippen molar-refractivity contribution in [3.05, 3.63) is 56.4 Å². The second-order valence-corrected chi connectivity index (χ2v) is 8.48. The van der Waals surface area contributed by atoms with Gasteiger partial charge in [0.25, 0.3) is 5.56 Å². The van der Waals surface area contributed by atoms with Crippen LogP contribution in [0.5, 0.6) is 5.75 Å². The van der Waals surface area contributed by atoms with Gasteiger partial charge in [-0.1, -0.05) is 18.2 Å². The van der Waals surface area contributed by atoms with Gasteiger partial charge in [-0.25, -0.2) is 14.6 Å². The Morgan fingerprint density at radius 2 is 1.94 bits per heavy atom. The van der Waals surface area contributed by atoms with Crippen molar-refractivity contribution >= 4 is 33.5 Å². The zero-order valence-electron chi connectivity index (χ0n) is 18.0. The van der Waals surface area contributed by atoms with E-state index in [-0.39, 0.29) is 23.3 Å². The van der Waals surface area contributed by atoms with Crippen LogP contribution >= 0.6 is 11.3 Å². The van der Waals surface area contributed by atoms with Crippen LogP contribution in [0.15, 0.2) is 29.1 Å². The number of carbonyl (C=O) groups excluding carboxylic acids is 1. The van der Waals surface area contributed by atoms with Crippen molar-refractivity contribution in [2.45, 2.75) is 39.7 Å². The van der Waals surface area contributed by atoms with E-state index in [1.165, 1.54) is 4.57 Å². The fourth-order valence-electron chi connectivity index (χ4n) is 3.54. The number of rotatable bonds is 7. The SMILES string of the molecule is CCOC(=O)C(C)(C)n1c(Cc2ccccc2OC)nc2sc(C(=O)O)c(C)c2c1=O. The van der Waals surface area contributed by atoms with E-state index < -0.39 is 23.0 Å². The van der Waals surface area contributed by atoms with Crippen LogP contribution in [0.3, 0.4) is 0 Å². The number of carboxylic acids is 1. The van der Waals surface area contributed by atoms with Gasteiger partial charge in [0.1, 0.15) is 26.8 Å². The Kier molecular flexibility index (Phi) is 6.17. The monoisotopic (exact) mass is 444 g/mol. The van der Waals surface area contributed by atoms with E-state index in [1.54, 1.807) is 40.9 Å². The van der Waals surface area contributed by atoms with Gasteiger partial charge in [0.05, 0.1) is 19.1 Å². The Morgan fingerprint density at radius 1 is 1.26 bits per heavy atom. The molecule has 8 nitrogen and oxygen atoms in total. The second-order valence-electron chi connectivity index (χ2n) is 7.48. The maximum atomic E-state index is 13.6. The minimum Gasteiger partial charge on any atom is -0.496 e. The van der Waals surface area contributed by atoms with Crippen molar-refractivity contribution in [3.8, 4) is 5.75 Å². The first kappa shape index (κ1) is 22.5. The lowest BCUT2D eigenvalue weighted by atomic mass is 10.0. The standard InChI is InChI=1S/C22H24N2O6S/c1-6-30-21(28)22(3,4)24-15(11-13-9-7-8-10-14(13)29-5)23-18-16(19(24)25)12(2)17(31-18)20(26)27/h7-10H,6,11H2,1-5H3,(H,26,27). The first-order valence-corrected chi connectivity index (χ1v) is 10.5. The van der Waals surface area contributed by atoms with Gasteiger partial charge >= 0.3 is 11.9 Å². The third-order valence-corrected chi connectivity index (χ3v) is 6.28. The van der Waals surface area contributed by atoms with E-state index in [0.29, 0.717) is 22.0 Å². The molecule has 0 radical (unpaired) electrons. The summed E-state index contributed by atoms with van der Waals surface area (Å²) < 4.78 is 11.9. The number of benzene rings is 1. The summed E-state index contributed by atoms with van der Waals surface area (Å²) in [7, 11) is 1.55. The average Bonchev–Trinajstić information content (AvgIpc) is 3.05. The summed E-state index contributed by atoms with van der Waals surface area (Å²) in [6.07, 6.45) is 0.206. The smallest absolute Gasteiger partial charge is 0.346 e. The number of methoxy groups -OCH3 is 1. The fourth-order valence-corrected chi connectivity index (χ4v) is 4.57. The number of aryl methyl sites for hydroxylation is 1. The molecule has 1 aromatic carbocycles. The molecule has 0 aliphatic rings. The van der Waals surface area contributed by atoms with Crippen molar-refractivity contribution in [1.29, 1.82) is 0 Å². The van der Waals surface area contributed by atoms with Crippen molar-refractivity contribution in [1.82, 2.24) is 9.55 Å². The number of aromatic carboxylic acids is 1. The quantitative estimate of drug-likeness (QED) is 0.557. The van der Waals surface area contributed by atoms with Crippen LogP contribution in [0, 0.1) is 6.92 Å². The first-order valence-electron chi connectivity index (χ1n) is 9.71. The summed E-state index contributed by atoms with van der Waals surface area (Å²) in [5.74, 6) is -0.766. The van der Waals surface area contributed by atoms with Crippen molar-refractivity contribution in [2.24, 2.45) is 0 Å². The molecule has 9 heteroatoms. The highest BCUT2D eigenvalue weighted by Gasteiger charge is 2.36. The number of thiophene rings is 1. The van der Waals surface area contributed by atoms with Gasteiger partial charge in [0.2, 0.25) is 0 Å². The molecule has 0 aliphatic heterocycles. The summed E-state index contributed by atoms with van der Waals surface area (Å²) in [6.45, 7) is 6.61. The summed E-state index contributed by atoms with van der Waals surface area (Å²) in [6, 6.07) is 7.31. The Morgan fingerprint density at radius 3 is 2.55 bits per heavy atom. The molecular weight excluding hydrogens is 420 g/mol. The molecule has 3 rings (SSSR count). The van der Waals surface area contributed by atoms with Crippen LogP contribution in [0.25, 0.3) is 10.2 Å². The van der Waals surface area contributed by atoms with Crippen LogP contribution in [-0.2, 0) is 21.5 Å². The summed E-state index contributed by atoms with van der Waals surface area (Å²) in [5.41, 5.74) is -0.725. The van der Waals surface area contributed by atoms with Gasteiger partial charge < -0.3 is 14.6 Å². The van der Waals surface area contributed by atoms with Crippen LogP contribution in [0.2, 0.25) is 0 Å². The lowest BCUT2D eigenvalue weighted by molar-refractivity contribution is -0.152. The molecule has 2 aromatic heterocycles. The molecule has 0 aliphatic carbocycles. The summed E-state index contributed by atoms with van der Waals surface area (Å²) >= 11 is 0.947. The highest BCUT2D eigenvalue weighted by molar-refractivity contribution is 7.20. The summed E-state index contributed by atoms with van der Waals surface area (Å²) in [4.78, 5) is 43.0. The molecule has 31 heavy (non-hydrogen) atoms. The van der Waals surface area contributed by atoms with Gasteiger partial charge in [-0.2, -0.15) is 0 Å². The van der Waals surface area contributed by atoms with E-state index in [0.717, 1.165) is 16.9 Å². The van der Waals surface area contributed by atoms with Crippen LogP contribution in [0.4, 0.5) is 0 Å². The summed E-state index contributed by atoms with van der Waals surface area (Å²) in [5, 5.41) is 9.70. The topological polar surface area (TPSA) is 108 Å². The van der Waals surface area contributed by atoms with E-state index >= 15 is 0 Å². The zero-order chi connectivity index (χ0) is 22.9. The lowest BCUT2D eigenvalue weighted by Gasteiger charge is -2.28. The maximum Gasteiger partial charge on any atom is 0.346 e. The molecule has 0 amide bonds. The molecule has 1 N–H and O–H groups in total. The minimum absolute atomic E-state index is 0.0505. The number of aromatic nitrogens is 2. The number of para-hydroxylation sites is 1. The predicted molar refractivity (Wildman–Crippen MR) is 117 cm³/mol. The number of carbonyl (C=O) groups is 2. The molecule has 164 valence electrons. The molecule has 2 heterocycles. The third kappa shape index (κ3) is 3.93.